The number of thioether (sulfide) groups is 1. The molecular formula is C12H13ClN4S. The van der Waals surface area contributed by atoms with Crippen molar-refractivity contribution in [3.8, 4) is 0 Å². The van der Waals surface area contributed by atoms with E-state index >= 15 is 0 Å². The van der Waals surface area contributed by atoms with E-state index in [-0.39, 0.29) is 5.95 Å². The van der Waals surface area contributed by atoms with Gasteiger partial charge in [-0.05, 0) is 24.3 Å². The summed E-state index contributed by atoms with van der Waals surface area (Å²) in [4.78, 5) is 13.6. The fraction of sp³-hybridized carbons (Fsp3) is 0.250. The molecule has 94 valence electrons. The quantitative estimate of drug-likeness (QED) is 0.872. The van der Waals surface area contributed by atoms with Crippen LogP contribution in [0.1, 0.15) is 18.6 Å². The topological polar surface area (TPSA) is 64.7 Å². The molecule has 4 nitrogen and oxygen atoms in total. The monoisotopic (exact) mass is 280 g/mol. The molecule has 0 radical (unpaired) electrons. The van der Waals surface area contributed by atoms with Crippen molar-refractivity contribution in [3.05, 3.63) is 40.9 Å². The van der Waals surface area contributed by atoms with Crippen LogP contribution in [-0.2, 0) is 12.2 Å². The van der Waals surface area contributed by atoms with Crippen LogP contribution in [0.15, 0.2) is 29.2 Å². The minimum absolute atomic E-state index is 0.286. The van der Waals surface area contributed by atoms with Gasteiger partial charge in [-0.1, -0.05) is 18.5 Å². The number of aromatic nitrogens is 3. The third-order valence-electron chi connectivity index (χ3n) is 2.24. The summed E-state index contributed by atoms with van der Waals surface area (Å²) >= 11 is 7.47. The minimum atomic E-state index is 0.286. The second kappa shape index (κ2) is 6.02. The lowest BCUT2D eigenvalue weighted by atomic mass is 10.4. The van der Waals surface area contributed by atoms with Crippen molar-refractivity contribution < 1.29 is 0 Å². The maximum Gasteiger partial charge on any atom is 0.223 e. The molecule has 0 aliphatic heterocycles. The lowest BCUT2D eigenvalue weighted by Crippen LogP contribution is -2.05. The van der Waals surface area contributed by atoms with E-state index in [1.807, 2.05) is 31.2 Å². The third-order valence-corrected chi connectivity index (χ3v) is 3.50. The molecule has 2 aromatic rings. The number of aryl methyl sites for hydroxylation is 1. The summed E-state index contributed by atoms with van der Waals surface area (Å²) in [6.07, 6.45) is 0.755. The molecule has 0 aliphatic rings. The molecule has 6 heteroatoms. The van der Waals surface area contributed by atoms with E-state index in [1.54, 1.807) is 11.8 Å². The Bertz CT molecular complexity index is 530. The lowest BCUT2D eigenvalue weighted by molar-refractivity contribution is 0.866. The molecule has 0 aliphatic carbocycles. The van der Waals surface area contributed by atoms with E-state index in [4.69, 9.17) is 17.3 Å². The molecule has 0 saturated carbocycles. The number of nitrogen functional groups attached to an aromatic ring is 1. The highest BCUT2D eigenvalue weighted by Crippen LogP contribution is 2.23. The Morgan fingerprint density at radius 1 is 1.11 bits per heavy atom. The summed E-state index contributed by atoms with van der Waals surface area (Å²) in [6.45, 7) is 1.99. The second-order valence-electron chi connectivity index (χ2n) is 3.62. The van der Waals surface area contributed by atoms with Crippen molar-refractivity contribution in [2.24, 2.45) is 0 Å². The maximum absolute atomic E-state index is 5.83. The molecule has 1 heterocycles. The van der Waals surface area contributed by atoms with E-state index in [1.165, 1.54) is 0 Å². The van der Waals surface area contributed by atoms with Crippen LogP contribution in [0.2, 0.25) is 5.02 Å². The molecule has 0 saturated heterocycles. The summed E-state index contributed by atoms with van der Waals surface area (Å²) < 4.78 is 0. The Balaban J connectivity index is 2.05. The normalized spacial score (nSPS) is 10.6. The van der Waals surface area contributed by atoms with Gasteiger partial charge in [0.05, 0.1) is 5.75 Å². The Kier molecular flexibility index (Phi) is 4.38. The number of rotatable bonds is 4. The first-order valence-electron chi connectivity index (χ1n) is 5.55. The molecule has 1 aromatic heterocycles. The van der Waals surface area contributed by atoms with E-state index in [0.717, 1.165) is 22.2 Å². The van der Waals surface area contributed by atoms with Gasteiger partial charge in [-0.3, -0.25) is 0 Å². The zero-order valence-electron chi connectivity index (χ0n) is 9.93. The Morgan fingerprint density at radius 3 is 2.44 bits per heavy atom. The van der Waals surface area contributed by atoms with Gasteiger partial charge >= 0.3 is 0 Å². The van der Waals surface area contributed by atoms with Gasteiger partial charge in [0.1, 0.15) is 11.6 Å². The van der Waals surface area contributed by atoms with E-state index in [0.29, 0.717) is 11.6 Å². The molecule has 0 bridgehead atoms. The Morgan fingerprint density at radius 2 is 1.78 bits per heavy atom. The van der Waals surface area contributed by atoms with Gasteiger partial charge in [0.25, 0.3) is 0 Å². The van der Waals surface area contributed by atoms with Gasteiger partial charge in [0.15, 0.2) is 0 Å². The van der Waals surface area contributed by atoms with E-state index < -0.39 is 0 Å². The molecule has 0 unspecified atom stereocenters. The van der Waals surface area contributed by atoms with Crippen LogP contribution in [0.5, 0.6) is 0 Å². The molecule has 0 amide bonds. The van der Waals surface area contributed by atoms with Gasteiger partial charge in [-0.15, -0.1) is 11.8 Å². The van der Waals surface area contributed by atoms with Gasteiger partial charge in [0.2, 0.25) is 5.95 Å². The average Bonchev–Trinajstić information content (AvgIpc) is 2.37. The number of hydrogen-bond donors (Lipinski definition) is 1. The van der Waals surface area contributed by atoms with Crippen LogP contribution in [0.4, 0.5) is 5.95 Å². The van der Waals surface area contributed by atoms with Gasteiger partial charge in [-0.25, -0.2) is 4.98 Å². The fourth-order valence-electron chi connectivity index (χ4n) is 1.39. The summed E-state index contributed by atoms with van der Waals surface area (Å²) in [7, 11) is 0. The third kappa shape index (κ3) is 3.58. The highest BCUT2D eigenvalue weighted by Gasteiger charge is 2.04. The van der Waals surface area contributed by atoms with Crippen molar-refractivity contribution in [1.82, 2.24) is 15.0 Å². The smallest absolute Gasteiger partial charge is 0.223 e. The summed E-state index contributed by atoms with van der Waals surface area (Å²) in [5.74, 6) is 2.39. The van der Waals surface area contributed by atoms with Crippen LogP contribution < -0.4 is 5.73 Å². The first kappa shape index (κ1) is 13.1. The van der Waals surface area contributed by atoms with Crippen molar-refractivity contribution in [2.45, 2.75) is 24.0 Å². The Hall–Kier alpha value is -1.33. The standard InChI is InChI=1S/C12H13ClN4S/c1-2-10-15-11(17-12(14)16-10)7-18-9-5-3-8(13)4-6-9/h3-6H,2,7H2,1H3,(H2,14,15,16,17). The van der Waals surface area contributed by atoms with Crippen LogP contribution in [0.25, 0.3) is 0 Å². The van der Waals surface area contributed by atoms with Gasteiger partial charge in [0, 0.05) is 16.3 Å². The molecule has 2 rings (SSSR count). The number of hydrogen-bond acceptors (Lipinski definition) is 5. The molecular weight excluding hydrogens is 268 g/mol. The predicted molar refractivity (Wildman–Crippen MR) is 74.6 cm³/mol. The molecule has 18 heavy (non-hydrogen) atoms. The Labute approximate surface area is 115 Å². The first-order valence-corrected chi connectivity index (χ1v) is 6.91. The van der Waals surface area contributed by atoms with Crippen molar-refractivity contribution in [3.63, 3.8) is 0 Å². The summed E-state index contributed by atoms with van der Waals surface area (Å²) in [6, 6.07) is 7.67. The van der Waals surface area contributed by atoms with Crippen LogP contribution in [0.3, 0.4) is 0 Å². The molecule has 0 spiro atoms. The highest BCUT2D eigenvalue weighted by molar-refractivity contribution is 7.98. The maximum atomic E-state index is 5.83. The van der Waals surface area contributed by atoms with Crippen molar-refractivity contribution in [1.29, 1.82) is 0 Å². The molecule has 1 aromatic carbocycles. The minimum Gasteiger partial charge on any atom is -0.368 e. The van der Waals surface area contributed by atoms with Crippen molar-refractivity contribution in [2.75, 3.05) is 5.73 Å². The van der Waals surface area contributed by atoms with Gasteiger partial charge < -0.3 is 5.73 Å². The predicted octanol–water partition coefficient (Wildman–Crippen LogP) is 2.96. The summed E-state index contributed by atoms with van der Waals surface area (Å²) in [5.41, 5.74) is 5.63. The van der Waals surface area contributed by atoms with E-state index in [9.17, 15) is 0 Å². The number of benzene rings is 1. The second-order valence-corrected chi connectivity index (χ2v) is 5.11. The summed E-state index contributed by atoms with van der Waals surface area (Å²) in [5, 5.41) is 0.733. The number of halogens is 1. The largest absolute Gasteiger partial charge is 0.368 e. The van der Waals surface area contributed by atoms with Crippen LogP contribution in [0, 0.1) is 0 Å². The van der Waals surface area contributed by atoms with E-state index in [2.05, 4.69) is 15.0 Å². The van der Waals surface area contributed by atoms with Crippen molar-refractivity contribution >= 4 is 29.3 Å². The van der Waals surface area contributed by atoms with Crippen LogP contribution >= 0.6 is 23.4 Å². The number of anilines is 1. The van der Waals surface area contributed by atoms with Gasteiger partial charge in [-0.2, -0.15) is 9.97 Å². The number of nitrogens with zero attached hydrogens (tertiary/aromatic N) is 3. The zero-order valence-corrected chi connectivity index (χ0v) is 11.5. The molecule has 2 N–H and O–H groups in total. The fourth-order valence-corrected chi connectivity index (χ4v) is 2.27. The number of nitrogens with two attached hydrogens (primary N) is 1. The molecule has 0 atom stereocenters. The SMILES string of the molecule is CCc1nc(N)nc(CSc2ccc(Cl)cc2)n1. The molecule has 0 fully saturated rings. The average molecular weight is 281 g/mol. The highest BCUT2D eigenvalue weighted by atomic mass is 35.5. The lowest BCUT2D eigenvalue weighted by Gasteiger charge is -2.03. The van der Waals surface area contributed by atoms with Crippen LogP contribution in [-0.4, -0.2) is 15.0 Å². The zero-order chi connectivity index (χ0) is 13.0. The first-order chi connectivity index (χ1) is 8.67.